The molecule has 1 fully saturated rings. The van der Waals surface area contributed by atoms with Crippen LogP contribution in [0.25, 0.3) is 0 Å². The van der Waals surface area contributed by atoms with E-state index >= 15 is 0 Å². The van der Waals surface area contributed by atoms with Crippen molar-refractivity contribution in [3.63, 3.8) is 0 Å². The van der Waals surface area contributed by atoms with E-state index in [0.29, 0.717) is 0 Å². The summed E-state index contributed by atoms with van der Waals surface area (Å²) in [7, 11) is 4.10. The Kier molecular flexibility index (Phi) is 5.16. The minimum Gasteiger partial charge on any atom is -0.358 e. The van der Waals surface area contributed by atoms with Crippen LogP contribution in [0.5, 0.6) is 0 Å². The molecular weight excluding hydrogens is 236 g/mol. The molecule has 0 atom stereocenters. The van der Waals surface area contributed by atoms with E-state index in [1.165, 1.54) is 31.5 Å². The largest absolute Gasteiger partial charge is 0.358 e. The van der Waals surface area contributed by atoms with Gasteiger partial charge < -0.3 is 15.1 Å². The molecule has 2 rings (SSSR count). The number of nitrogens with zero attached hydrogens (tertiary/aromatic N) is 3. The molecule has 1 saturated heterocycles. The highest BCUT2D eigenvalue weighted by molar-refractivity contribution is 5.40. The number of likely N-dealkylation sites (tertiary alicyclic amines) is 1. The van der Waals surface area contributed by atoms with Crippen LogP contribution in [0.2, 0.25) is 0 Å². The molecule has 0 unspecified atom stereocenters. The number of aromatic nitrogens is 1. The standard InChI is InChI=1S/C15H26N4/c1-13-14(12-16-2)6-7-15(17-13)18(3)10-11-19-8-4-5-9-19/h6-7,16H,4-5,8-12H2,1-3H3. The summed E-state index contributed by atoms with van der Waals surface area (Å²) < 4.78 is 0. The topological polar surface area (TPSA) is 31.4 Å². The maximum absolute atomic E-state index is 4.70. The van der Waals surface area contributed by atoms with E-state index in [1.54, 1.807) is 0 Å². The van der Waals surface area contributed by atoms with Crippen molar-refractivity contribution < 1.29 is 0 Å². The van der Waals surface area contributed by atoms with E-state index in [2.05, 4.69) is 41.2 Å². The third-order valence-electron chi connectivity index (χ3n) is 3.89. The molecule has 1 N–H and O–H groups in total. The first-order chi connectivity index (χ1) is 9.20. The minimum absolute atomic E-state index is 0.886. The lowest BCUT2D eigenvalue weighted by Gasteiger charge is -2.23. The average Bonchev–Trinajstić information content (AvgIpc) is 2.91. The Bertz CT molecular complexity index is 399. The highest BCUT2D eigenvalue weighted by Crippen LogP contribution is 2.14. The number of hydrogen-bond acceptors (Lipinski definition) is 4. The van der Waals surface area contributed by atoms with Gasteiger partial charge in [0.1, 0.15) is 5.82 Å². The third kappa shape index (κ3) is 3.91. The van der Waals surface area contributed by atoms with Gasteiger partial charge in [-0.05, 0) is 51.5 Å². The minimum atomic E-state index is 0.886. The van der Waals surface area contributed by atoms with E-state index in [-0.39, 0.29) is 0 Å². The summed E-state index contributed by atoms with van der Waals surface area (Å²) in [4.78, 5) is 9.50. The van der Waals surface area contributed by atoms with Crippen LogP contribution in [0.15, 0.2) is 12.1 Å². The molecule has 0 spiro atoms. The first kappa shape index (κ1) is 14.3. The van der Waals surface area contributed by atoms with Crippen molar-refractivity contribution in [1.82, 2.24) is 15.2 Å². The van der Waals surface area contributed by atoms with Crippen molar-refractivity contribution in [3.8, 4) is 0 Å². The molecule has 0 saturated carbocycles. The summed E-state index contributed by atoms with van der Waals surface area (Å²) in [5.41, 5.74) is 2.40. The van der Waals surface area contributed by atoms with Gasteiger partial charge in [0, 0.05) is 32.4 Å². The van der Waals surface area contributed by atoms with Gasteiger partial charge in [-0.1, -0.05) is 6.07 Å². The molecule has 0 bridgehead atoms. The van der Waals surface area contributed by atoms with Crippen LogP contribution in [-0.2, 0) is 6.54 Å². The molecule has 1 aliphatic heterocycles. The van der Waals surface area contributed by atoms with Crippen molar-refractivity contribution in [2.75, 3.05) is 45.2 Å². The summed E-state index contributed by atoms with van der Waals surface area (Å²) in [6.45, 7) is 7.71. The highest BCUT2D eigenvalue weighted by atomic mass is 15.2. The molecule has 1 aromatic heterocycles. The second-order valence-corrected chi connectivity index (χ2v) is 5.41. The molecule has 0 radical (unpaired) electrons. The molecule has 0 amide bonds. The lowest BCUT2D eigenvalue weighted by atomic mass is 10.2. The Morgan fingerprint density at radius 1 is 1.32 bits per heavy atom. The van der Waals surface area contributed by atoms with Gasteiger partial charge in [-0.2, -0.15) is 0 Å². The molecule has 4 nitrogen and oxygen atoms in total. The molecule has 106 valence electrons. The first-order valence-corrected chi connectivity index (χ1v) is 7.25. The van der Waals surface area contributed by atoms with E-state index in [9.17, 15) is 0 Å². The highest BCUT2D eigenvalue weighted by Gasteiger charge is 2.12. The van der Waals surface area contributed by atoms with Gasteiger partial charge in [-0.25, -0.2) is 4.98 Å². The average molecular weight is 262 g/mol. The number of rotatable bonds is 6. The Morgan fingerprint density at radius 3 is 2.68 bits per heavy atom. The number of likely N-dealkylation sites (N-methyl/N-ethyl adjacent to an activating group) is 1. The number of anilines is 1. The zero-order valence-corrected chi connectivity index (χ0v) is 12.4. The normalized spacial score (nSPS) is 15.9. The smallest absolute Gasteiger partial charge is 0.128 e. The van der Waals surface area contributed by atoms with E-state index in [1.807, 2.05) is 7.05 Å². The predicted octanol–water partition coefficient (Wildman–Crippen LogP) is 1.64. The third-order valence-corrected chi connectivity index (χ3v) is 3.89. The second-order valence-electron chi connectivity index (χ2n) is 5.41. The summed E-state index contributed by atoms with van der Waals surface area (Å²) in [6.07, 6.45) is 2.72. The molecule has 2 heterocycles. The SMILES string of the molecule is CNCc1ccc(N(C)CCN2CCCC2)nc1C. The lowest BCUT2D eigenvalue weighted by molar-refractivity contribution is 0.346. The maximum atomic E-state index is 4.70. The van der Waals surface area contributed by atoms with Crippen molar-refractivity contribution in [3.05, 3.63) is 23.4 Å². The number of hydrogen-bond donors (Lipinski definition) is 1. The monoisotopic (exact) mass is 262 g/mol. The van der Waals surface area contributed by atoms with Crippen LogP contribution in [0.4, 0.5) is 5.82 Å². The second kappa shape index (κ2) is 6.87. The number of aryl methyl sites for hydroxylation is 1. The maximum Gasteiger partial charge on any atom is 0.128 e. The van der Waals surface area contributed by atoms with Crippen LogP contribution in [0, 0.1) is 6.92 Å². The van der Waals surface area contributed by atoms with Gasteiger partial charge >= 0.3 is 0 Å². The van der Waals surface area contributed by atoms with Crippen molar-refractivity contribution in [2.45, 2.75) is 26.3 Å². The predicted molar refractivity (Wildman–Crippen MR) is 80.7 cm³/mol. The fourth-order valence-corrected chi connectivity index (χ4v) is 2.58. The fourth-order valence-electron chi connectivity index (χ4n) is 2.58. The first-order valence-electron chi connectivity index (χ1n) is 7.25. The van der Waals surface area contributed by atoms with Gasteiger partial charge in [0.15, 0.2) is 0 Å². The zero-order chi connectivity index (χ0) is 13.7. The summed E-state index contributed by atoms with van der Waals surface area (Å²) in [5, 5.41) is 3.18. The Morgan fingerprint density at radius 2 is 2.05 bits per heavy atom. The molecule has 1 aliphatic rings. The summed E-state index contributed by atoms with van der Waals surface area (Å²) >= 11 is 0. The summed E-state index contributed by atoms with van der Waals surface area (Å²) in [6, 6.07) is 4.31. The Labute approximate surface area is 116 Å². The van der Waals surface area contributed by atoms with E-state index in [0.717, 1.165) is 31.1 Å². The number of nitrogens with one attached hydrogen (secondary N) is 1. The van der Waals surface area contributed by atoms with Crippen LogP contribution < -0.4 is 10.2 Å². The fraction of sp³-hybridized carbons (Fsp3) is 0.667. The van der Waals surface area contributed by atoms with Crippen LogP contribution in [0.1, 0.15) is 24.1 Å². The molecule has 19 heavy (non-hydrogen) atoms. The summed E-state index contributed by atoms with van der Waals surface area (Å²) in [5.74, 6) is 1.08. The quantitative estimate of drug-likeness (QED) is 0.844. The lowest BCUT2D eigenvalue weighted by Crippen LogP contribution is -2.31. The van der Waals surface area contributed by atoms with Crippen molar-refractivity contribution in [2.24, 2.45) is 0 Å². The van der Waals surface area contributed by atoms with Crippen molar-refractivity contribution >= 4 is 5.82 Å². The number of pyridine rings is 1. The van der Waals surface area contributed by atoms with Crippen molar-refractivity contribution in [1.29, 1.82) is 0 Å². The molecule has 0 aliphatic carbocycles. The van der Waals surface area contributed by atoms with Gasteiger partial charge in [-0.3, -0.25) is 0 Å². The van der Waals surface area contributed by atoms with E-state index < -0.39 is 0 Å². The zero-order valence-electron chi connectivity index (χ0n) is 12.4. The molecule has 0 aromatic carbocycles. The van der Waals surface area contributed by atoms with E-state index in [4.69, 9.17) is 4.98 Å². The van der Waals surface area contributed by atoms with Gasteiger partial charge in [0.25, 0.3) is 0 Å². The van der Waals surface area contributed by atoms with Gasteiger partial charge in [-0.15, -0.1) is 0 Å². The molecule has 1 aromatic rings. The molecule has 4 heteroatoms. The van der Waals surface area contributed by atoms with Gasteiger partial charge in [0.2, 0.25) is 0 Å². The Balaban J connectivity index is 1.90. The van der Waals surface area contributed by atoms with Gasteiger partial charge in [0.05, 0.1) is 0 Å². The van der Waals surface area contributed by atoms with Crippen LogP contribution >= 0.6 is 0 Å². The van der Waals surface area contributed by atoms with Crippen LogP contribution in [-0.4, -0.2) is 50.2 Å². The Hall–Kier alpha value is -1.13. The molecular formula is C15H26N4. The van der Waals surface area contributed by atoms with Crippen LogP contribution in [0.3, 0.4) is 0 Å².